The highest BCUT2D eigenvalue weighted by molar-refractivity contribution is 5.94. The van der Waals surface area contributed by atoms with Crippen molar-refractivity contribution in [3.63, 3.8) is 0 Å². The third-order valence-electron chi connectivity index (χ3n) is 6.91. The number of ether oxygens (including phenoxy) is 2. The maximum atomic E-state index is 13.3. The number of aromatic nitrogens is 3. The Morgan fingerprint density at radius 1 is 0.738 bits per heavy atom. The third kappa shape index (κ3) is 11.6. The molecule has 2 aromatic carbocycles. The molecule has 1 saturated carbocycles. The van der Waals surface area contributed by atoms with Gasteiger partial charge in [-0.25, -0.2) is 4.39 Å². The minimum atomic E-state index is -0.266. The first-order valence-electron chi connectivity index (χ1n) is 14.9. The topological polar surface area (TPSA) is 122 Å². The van der Waals surface area contributed by atoms with Gasteiger partial charge in [-0.1, -0.05) is 62.4 Å². The van der Waals surface area contributed by atoms with E-state index in [9.17, 15) is 9.18 Å². The van der Waals surface area contributed by atoms with Gasteiger partial charge in [0.15, 0.2) is 0 Å². The summed E-state index contributed by atoms with van der Waals surface area (Å²) in [6.07, 6.45) is 8.44. The van der Waals surface area contributed by atoms with Crippen LogP contribution in [0, 0.1) is 5.82 Å². The van der Waals surface area contributed by atoms with Crippen LogP contribution < -0.4 is 21.3 Å². The number of carbonyl (C=O) groups excluding carboxylic acids is 1. The molecule has 0 spiro atoms. The minimum Gasteiger partial charge on any atom is -0.377 e. The molecule has 10 nitrogen and oxygen atoms in total. The lowest BCUT2D eigenvalue weighted by atomic mass is 9.97. The fraction of sp³-hybridized carbons (Fsp3) is 0.484. The summed E-state index contributed by atoms with van der Waals surface area (Å²) in [5, 5.41) is 12.8. The van der Waals surface area contributed by atoms with E-state index < -0.39 is 0 Å². The predicted molar refractivity (Wildman–Crippen MR) is 162 cm³/mol. The SMILES string of the molecule is O=C(NCCOCCOCCNc1nc(NCc2ccc(F)cc2)nc(NC2CCCCCCC2)n1)c1ccccc1. The van der Waals surface area contributed by atoms with Crippen LogP contribution in [0.4, 0.5) is 22.2 Å². The molecule has 1 amide bonds. The van der Waals surface area contributed by atoms with Gasteiger partial charge in [0.1, 0.15) is 5.82 Å². The monoisotopic (exact) mass is 579 g/mol. The Labute approximate surface area is 247 Å². The molecule has 1 aliphatic carbocycles. The molecule has 1 heterocycles. The molecule has 1 fully saturated rings. The Balaban J connectivity index is 1.18. The molecule has 42 heavy (non-hydrogen) atoms. The van der Waals surface area contributed by atoms with Crippen LogP contribution in [0.15, 0.2) is 54.6 Å². The molecule has 4 N–H and O–H groups in total. The lowest BCUT2D eigenvalue weighted by molar-refractivity contribution is 0.0519. The lowest BCUT2D eigenvalue weighted by Crippen LogP contribution is -2.27. The molecule has 0 unspecified atom stereocenters. The Hall–Kier alpha value is -3.83. The maximum absolute atomic E-state index is 13.3. The zero-order chi connectivity index (χ0) is 29.2. The highest BCUT2D eigenvalue weighted by Gasteiger charge is 2.14. The van der Waals surface area contributed by atoms with Crippen molar-refractivity contribution in [3.05, 3.63) is 71.5 Å². The number of anilines is 3. The zero-order valence-corrected chi connectivity index (χ0v) is 24.1. The summed E-state index contributed by atoms with van der Waals surface area (Å²) < 4.78 is 24.5. The summed E-state index contributed by atoms with van der Waals surface area (Å²) >= 11 is 0. The highest BCUT2D eigenvalue weighted by atomic mass is 19.1. The summed E-state index contributed by atoms with van der Waals surface area (Å²) in [6.45, 7) is 3.13. The molecule has 0 saturated heterocycles. The second-order valence-electron chi connectivity index (χ2n) is 10.2. The number of halogens is 1. The average molecular weight is 580 g/mol. The molecular formula is C31H42FN7O3. The summed E-state index contributed by atoms with van der Waals surface area (Å²) in [7, 11) is 0. The van der Waals surface area contributed by atoms with Gasteiger partial charge in [-0.15, -0.1) is 0 Å². The summed E-state index contributed by atoms with van der Waals surface area (Å²) in [5.41, 5.74) is 1.56. The van der Waals surface area contributed by atoms with Crippen LogP contribution in [0.3, 0.4) is 0 Å². The molecule has 0 bridgehead atoms. The summed E-state index contributed by atoms with van der Waals surface area (Å²) in [6, 6.07) is 15.8. The molecule has 0 atom stereocenters. The van der Waals surface area contributed by atoms with Crippen molar-refractivity contribution in [2.75, 3.05) is 55.5 Å². The number of nitrogens with one attached hydrogen (secondary N) is 4. The number of amides is 1. The molecular weight excluding hydrogens is 537 g/mol. The van der Waals surface area contributed by atoms with Crippen molar-refractivity contribution in [3.8, 4) is 0 Å². The van der Waals surface area contributed by atoms with Gasteiger partial charge in [-0.3, -0.25) is 4.79 Å². The van der Waals surface area contributed by atoms with Crippen LogP contribution in [0.1, 0.15) is 60.9 Å². The molecule has 0 aliphatic heterocycles. The number of hydrogen-bond acceptors (Lipinski definition) is 9. The van der Waals surface area contributed by atoms with Crippen molar-refractivity contribution < 1.29 is 18.7 Å². The van der Waals surface area contributed by atoms with Crippen molar-refractivity contribution in [1.29, 1.82) is 0 Å². The molecule has 4 rings (SSSR count). The Morgan fingerprint density at radius 2 is 1.36 bits per heavy atom. The maximum Gasteiger partial charge on any atom is 0.251 e. The molecule has 226 valence electrons. The van der Waals surface area contributed by atoms with Crippen LogP contribution in [0.2, 0.25) is 0 Å². The molecule has 0 radical (unpaired) electrons. The largest absolute Gasteiger partial charge is 0.377 e. The van der Waals surface area contributed by atoms with Crippen molar-refractivity contribution in [2.45, 2.75) is 57.5 Å². The van der Waals surface area contributed by atoms with E-state index in [1.165, 1.54) is 44.2 Å². The lowest BCUT2D eigenvalue weighted by Gasteiger charge is -2.21. The van der Waals surface area contributed by atoms with E-state index in [-0.39, 0.29) is 11.7 Å². The number of benzene rings is 2. The Bertz CT molecular complexity index is 1190. The third-order valence-corrected chi connectivity index (χ3v) is 6.91. The number of nitrogens with zero attached hydrogens (tertiary/aromatic N) is 3. The van der Waals surface area contributed by atoms with Crippen molar-refractivity contribution >= 4 is 23.8 Å². The minimum absolute atomic E-state index is 0.114. The van der Waals surface area contributed by atoms with Gasteiger partial charge in [-0.05, 0) is 42.7 Å². The summed E-state index contributed by atoms with van der Waals surface area (Å²) in [4.78, 5) is 25.7. The van der Waals surface area contributed by atoms with E-state index in [2.05, 4.69) is 36.2 Å². The van der Waals surface area contributed by atoms with Crippen LogP contribution >= 0.6 is 0 Å². The normalized spacial score (nSPS) is 14.0. The molecule has 1 aromatic heterocycles. The fourth-order valence-electron chi connectivity index (χ4n) is 4.65. The predicted octanol–water partition coefficient (Wildman–Crippen LogP) is 5.02. The van der Waals surface area contributed by atoms with Gasteiger partial charge in [0.05, 0.1) is 26.4 Å². The van der Waals surface area contributed by atoms with Gasteiger partial charge in [0.2, 0.25) is 17.8 Å². The Kier molecular flexibility index (Phi) is 13.2. The Morgan fingerprint density at radius 3 is 2.07 bits per heavy atom. The van der Waals surface area contributed by atoms with Gasteiger partial charge in [-0.2, -0.15) is 15.0 Å². The quantitative estimate of drug-likeness (QED) is 0.173. The second kappa shape index (κ2) is 17.9. The van der Waals surface area contributed by atoms with Crippen molar-refractivity contribution in [1.82, 2.24) is 20.3 Å². The first-order valence-corrected chi connectivity index (χ1v) is 14.9. The number of rotatable bonds is 16. The number of carbonyl (C=O) groups is 1. The van der Waals surface area contributed by atoms with E-state index in [4.69, 9.17) is 9.47 Å². The van der Waals surface area contributed by atoms with Gasteiger partial charge in [0.25, 0.3) is 5.91 Å². The average Bonchev–Trinajstić information content (AvgIpc) is 2.99. The van der Waals surface area contributed by atoms with E-state index in [1.807, 2.05) is 18.2 Å². The summed E-state index contributed by atoms with van der Waals surface area (Å²) in [5.74, 6) is 1.05. The van der Waals surface area contributed by atoms with Gasteiger partial charge < -0.3 is 30.7 Å². The fourth-order valence-corrected chi connectivity index (χ4v) is 4.65. The molecule has 11 heteroatoms. The van der Waals surface area contributed by atoms with Crippen LogP contribution in [0.25, 0.3) is 0 Å². The van der Waals surface area contributed by atoms with Crippen molar-refractivity contribution in [2.24, 2.45) is 0 Å². The van der Waals surface area contributed by atoms with Gasteiger partial charge >= 0.3 is 0 Å². The first kappa shape index (κ1) is 31.1. The molecule has 1 aliphatic rings. The zero-order valence-electron chi connectivity index (χ0n) is 24.1. The van der Waals surface area contributed by atoms with E-state index in [0.717, 1.165) is 18.4 Å². The van der Waals surface area contributed by atoms with Crippen LogP contribution in [-0.4, -0.2) is 66.4 Å². The molecule has 3 aromatic rings. The smallest absolute Gasteiger partial charge is 0.251 e. The van der Waals surface area contributed by atoms with E-state index >= 15 is 0 Å². The number of hydrogen-bond donors (Lipinski definition) is 4. The van der Waals surface area contributed by atoms with Crippen LogP contribution in [-0.2, 0) is 16.0 Å². The van der Waals surface area contributed by atoms with Gasteiger partial charge in [0, 0.05) is 31.2 Å². The first-order chi connectivity index (χ1) is 20.7. The van der Waals surface area contributed by atoms with E-state index in [1.54, 1.807) is 24.3 Å². The standard InChI is InChI=1S/C31H42FN7O3/c32-26-15-13-24(14-16-26)23-35-30-37-29(38-31(39-30)36-27-11-7-2-1-3-8-12-27)34-18-20-42-22-21-41-19-17-33-28(40)25-9-5-4-6-10-25/h4-6,9-10,13-16,27H,1-3,7-8,11-12,17-23H2,(H,33,40)(H3,34,35,36,37,38,39). The highest BCUT2D eigenvalue weighted by Crippen LogP contribution is 2.20. The van der Waals surface area contributed by atoms with E-state index in [0.29, 0.717) is 75.5 Å². The second-order valence-corrected chi connectivity index (χ2v) is 10.2. The van der Waals surface area contributed by atoms with Crippen LogP contribution in [0.5, 0.6) is 0 Å².